The average Bonchev–Trinajstić information content (AvgIpc) is 3.27. The molecule has 0 aliphatic rings. The first-order valence-electron chi connectivity index (χ1n) is 13.1. The number of aromatic nitrogens is 2. The SMILES string of the molecule is CCCn1c(SCCCNS(=O)(=O)c2ccc(C(C)(C)C)cc2)nc(-c2ccccc2)c1-c1ccccc1. The van der Waals surface area contributed by atoms with Gasteiger partial charge in [0, 0.05) is 30.0 Å². The van der Waals surface area contributed by atoms with Gasteiger partial charge in [-0.3, -0.25) is 0 Å². The maximum atomic E-state index is 12.8. The third kappa shape index (κ3) is 6.76. The lowest BCUT2D eigenvalue weighted by Gasteiger charge is -2.19. The van der Waals surface area contributed by atoms with Crippen LogP contribution in [0.3, 0.4) is 0 Å². The second-order valence-electron chi connectivity index (χ2n) is 10.3. The standard InChI is InChI=1S/C31H37N3O2S2/c1-5-22-34-29(25-15-10-7-11-16-25)28(24-13-8-6-9-14-24)33-30(34)37-23-12-21-32-38(35,36)27-19-17-26(18-20-27)31(2,3)4/h6-11,13-20,32H,5,12,21-23H2,1-4H3. The summed E-state index contributed by atoms with van der Waals surface area (Å²) < 4.78 is 30.7. The van der Waals surface area contributed by atoms with E-state index in [1.165, 1.54) is 0 Å². The zero-order chi connectivity index (χ0) is 27.2. The molecule has 4 aromatic rings. The molecule has 4 rings (SSSR count). The summed E-state index contributed by atoms with van der Waals surface area (Å²) in [6.07, 6.45) is 1.69. The van der Waals surface area contributed by atoms with Gasteiger partial charge in [0.1, 0.15) is 0 Å². The van der Waals surface area contributed by atoms with Gasteiger partial charge in [-0.05, 0) is 36.0 Å². The van der Waals surface area contributed by atoms with Crippen LogP contribution in [0.25, 0.3) is 22.5 Å². The zero-order valence-corrected chi connectivity index (χ0v) is 24.3. The number of hydrogen-bond donors (Lipinski definition) is 1. The Kier molecular flexibility index (Phi) is 9.13. The van der Waals surface area contributed by atoms with E-state index in [0.717, 1.165) is 52.0 Å². The summed E-state index contributed by atoms with van der Waals surface area (Å²) in [7, 11) is -3.54. The van der Waals surface area contributed by atoms with Gasteiger partial charge in [-0.1, -0.05) is 112 Å². The lowest BCUT2D eigenvalue weighted by atomic mass is 9.87. The van der Waals surface area contributed by atoms with Gasteiger partial charge in [0.2, 0.25) is 10.0 Å². The first kappa shape index (κ1) is 28.1. The van der Waals surface area contributed by atoms with Gasteiger partial charge >= 0.3 is 0 Å². The molecular weight excluding hydrogens is 510 g/mol. The highest BCUT2D eigenvalue weighted by Crippen LogP contribution is 2.36. The van der Waals surface area contributed by atoms with Crippen LogP contribution in [0.5, 0.6) is 0 Å². The Balaban J connectivity index is 1.46. The van der Waals surface area contributed by atoms with E-state index in [0.29, 0.717) is 17.9 Å². The lowest BCUT2D eigenvalue weighted by molar-refractivity contribution is 0.578. The van der Waals surface area contributed by atoms with Crippen molar-refractivity contribution in [3.05, 3.63) is 90.5 Å². The molecule has 0 saturated carbocycles. The van der Waals surface area contributed by atoms with Gasteiger partial charge in [-0.25, -0.2) is 18.1 Å². The number of nitrogens with zero attached hydrogens (tertiary/aromatic N) is 2. The lowest BCUT2D eigenvalue weighted by Crippen LogP contribution is -2.25. The first-order valence-corrected chi connectivity index (χ1v) is 15.6. The number of sulfonamides is 1. The monoisotopic (exact) mass is 547 g/mol. The molecule has 0 amide bonds. The molecule has 0 fully saturated rings. The van der Waals surface area contributed by atoms with Crippen LogP contribution in [0, 0.1) is 0 Å². The molecule has 3 aromatic carbocycles. The van der Waals surface area contributed by atoms with Gasteiger partial charge < -0.3 is 4.57 Å². The molecule has 1 heterocycles. The van der Waals surface area contributed by atoms with E-state index < -0.39 is 10.0 Å². The number of nitrogens with one attached hydrogen (secondary N) is 1. The fraction of sp³-hybridized carbons (Fsp3) is 0.323. The van der Waals surface area contributed by atoms with E-state index >= 15 is 0 Å². The molecule has 5 nitrogen and oxygen atoms in total. The molecule has 38 heavy (non-hydrogen) atoms. The Morgan fingerprint density at radius 1 is 0.868 bits per heavy atom. The second-order valence-corrected chi connectivity index (χ2v) is 13.2. The Hall–Kier alpha value is -2.87. The molecule has 0 aliphatic carbocycles. The van der Waals surface area contributed by atoms with Crippen LogP contribution in [0.4, 0.5) is 0 Å². The normalized spacial score (nSPS) is 12.1. The van der Waals surface area contributed by atoms with Crippen LogP contribution in [-0.4, -0.2) is 30.3 Å². The summed E-state index contributed by atoms with van der Waals surface area (Å²) in [6.45, 7) is 9.76. The predicted octanol–water partition coefficient (Wildman–Crippen LogP) is 7.39. The van der Waals surface area contributed by atoms with Gasteiger partial charge in [-0.2, -0.15) is 0 Å². The third-order valence-electron chi connectivity index (χ3n) is 6.35. The van der Waals surface area contributed by atoms with Crippen LogP contribution in [0.2, 0.25) is 0 Å². The molecule has 200 valence electrons. The smallest absolute Gasteiger partial charge is 0.240 e. The second kappa shape index (κ2) is 12.3. The number of rotatable bonds is 11. The van der Waals surface area contributed by atoms with Crippen molar-refractivity contribution in [1.29, 1.82) is 0 Å². The minimum Gasteiger partial charge on any atom is -0.318 e. The van der Waals surface area contributed by atoms with Crippen molar-refractivity contribution < 1.29 is 8.42 Å². The number of thioether (sulfide) groups is 1. The molecule has 1 N–H and O–H groups in total. The maximum Gasteiger partial charge on any atom is 0.240 e. The van der Waals surface area contributed by atoms with E-state index in [9.17, 15) is 8.42 Å². The fourth-order valence-electron chi connectivity index (χ4n) is 4.32. The van der Waals surface area contributed by atoms with E-state index in [1.54, 1.807) is 23.9 Å². The number of hydrogen-bond acceptors (Lipinski definition) is 4. The van der Waals surface area contributed by atoms with Crippen LogP contribution in [-0.2, 0) is 22.0 Å². The number of benzene rings is 3. The van der Waals surface area contributed by atoms with Crippen molar-refractivity contribution in [1.82, 2.24) is 14.3 Å². The zero-order valence-electron chi connectivity index (χ0n) is 22.6. The van der Waals surface area contributed by atoms with Crippen molar-refractivity contribution in [2.75, 3.05) is 12.3 Å². The summed E-state index contributed by atoms with van der Waals surface area (Å²) in [5.41, 5.74) is 5.43. The topological polar surface area (TPSA) is 64.0 Å². The van der Waals surface area contributed by atoms with Gasteiger partial charge in [0.05, 0.1) is 16.3 Å². The summed E-state index contributed by atoms with van der Waals surface area (Å²) in [6, 6.07) is 27.9. The van der Waals surface area contributed by atoms with Crippen molar-refractivity contribution >= 4 is 21.8 Å². The highest BCUT2D eigenvalue weighted by Gasteiger charge is 2.20. The van der Waals surface area contributed by atoms with Crippen molar-refractivity contribution in [2.24, 2.45) is 0 Å². The summed E-state index contributed by atoms with van der Waals surface area (Å²) in [5.74, 6) is 0.759. The largest absolute Gasteiger partial charge is 0.318 e. The van der Waals surface area contributed by atoms with Crippen LogP contribution >= 0.6 is 11.8 Å². The van der Waals surface area contributed by atoms with E-state index in [2.05, 4.69) is 73.4 Å². The summed E-state index contributed by atoms with van der Waals surface area (Å²) in [5, 5.41) is 0.963. The van der Waals surface area contributed by atoms with Gasteiger partial charge in [0.25, 0.3) is 0 Å². The minimum absolute atomic E-state index is 0.0167. The molecular formula is C31H37N3O2S2. The Bertz CT molecular complexity index is 1420. The molecule has 0 atom stereocenters. The van der Waals surface area contributed by atoms with Crippen LogP contribution in [0.1, 0.15) is 46.1 Å². The van der Waals surface area contributed by atoms with E-state index in [1.807, 2.05) is 36.4 Å². The Morgan fingerprint density at radius 3 is 2.05 bits per heavy atom. The molecule has 0 aliphatic heterocycles. The maximum absolute atomic E-state index is 12.8. The molecule has 1 aromatic heterocycles. The minimum atomic E-state index is -3.54. The molecule has 0 spiro atoms. The van der Waals surface area contributed by atoms with Crippen molar-refractivity contribution in [3.63, 3.8) is 0 Å². The first-order chi connectivity index (χ1) is 18.2. The number of imidazole rings is 1. The van der Waals surface area contributed by atoms with Gasteiger partial charge in [-0.15, -0.1) is 0 Å². The molecule has 0 radical (unpaired) electrons. The molecule has 7 heteroatoms. The van der Waals surface area contributed by atoms with Crippen LogP contribution < -0.4 is 4.72 Å². The van der Waals surface area contributed by atoms with Gasteiger partial charge in [0.15, 0.2) is 5.16 Å². The molecule has 0 unspecified atom stereocenters. The van der Waals surface area contributed by atoms with Crippen molar-refractivity contribution in [3.8, 4) is 22.5 Å². The quantitative estimate of drug-likeness (QED) is 0.157. The van der Waals surface area contributed by atoms with E-state index in [4.69, 9.17) is 4.98 Å². The summed E-state index contributed by atoms with van der Waals surface area (Å²) in [4.78, 5) is 5.39. The predicted molar refractivity (Wildman–Crippen MR) is 159 cm³/mol. The summed E-state index contributed by atoms with van der Waals surface area (Å²) >= 11 is 1.68. The van der Waals surface area contributed by atoms with E-state index in [-0.39, 0.29) is 5.41 Å². The highest BCUT2D eigenvalue weighted by molar-refractivity contribution is 7.99. The highest BCUT2D eigenvalue weighted by atomic mass is 32.2. The Labute approximate surface area is 231 Å². The molecule has 0 saturated heterocycles. The van der Waals surface area contributed by atoms with Crippen LogP contribution in [0.15, 0.2) is 95.0 Å². The van der Waals surface area contributed by atoms with Crippen molar-refractivity contribution in [2.45, 2.75) is 62.5 Å². The molecule has 0 bridgehead atoms. The third-order valence-corrected chi connectivity index (χ3v) is 8.89. The Morgan fingerprint density at radius 2 is 1.47 bits per heavy atom. The average molecular weight is 548 g/mol. The fourth-order valence-corrected chi connectivity index (χ4v) is 6.36.